The van der Waals surface area contributed by atoms with E-state index in [2.05, 4.69) is 68.8 Å². The van der Waals surface area contributed by atoms with Crippen LogP contribution in [-0.2, 0) is 9.53 Å². The van der Waals surface area contributed by atoms with Crippen LogP contribution in [0.15, 0.2) is 66.3 Å². The quantitative estimate of drug-likeness (QED) is 0.365. The molecule has 1 saturated heterocycles. The SMILES string of the molecule is CCOC(=O)C1CCCN(c2ncnc3scc(-c4ccc(-c5ccccc5)cc4)c23)C1. The predicted molar refractivity (Wildman–Crippen MR) is 130 cm³/mol. The molecule has 6 heteroatoms. The number of nitrogens with zero attached hydrogens (tertiary/aromatic N) is 3. The smallest absolute Gasteiger partial charge is 0.310 e. The number of fused-ring (bicyclic) bond motifs is 1. The number of thiophene rings is 1. The van der Waals surface area contributed by atoms with E-state index in [1.54, 1.807) is 17.7 Å². The van der Waals surface area contributed by atoms with E-state index < -0.39 is 0 Å². The zero-order valence-corrected chi connectivity index (χ0v) is 18.8. The van der Waals surface area contributed by atoms with E-state index in [1.165, 1.54) is 11.1 Å². The Labute approximate surface area is 191 Å². The Hall–Kier alpha value is -3.25. The highest BCUT2D eigenvalue weighted by molar-refractivity contribution is 7.17. The summed E-state index contributed by atoms with van der Waals surface area (Å²) in [6.07, 6.45) is 3.44. The van der Waals surface area contributed by atoms with Gasteiger partial charge in [0.15, 0.2) is 0 Å². The number of benzene rings is 2. The molecule has 0 N–H and O–H groups in total. The number of esters is 1. The molecule has 1 aliphatic rings. The van der Waals surface area contributed by atoms with Crippen LogP contribution in [0.1, 0.15) is 19.8 Å². The number of hydrogen-bond donors (Lipinski definition) is 0. The molecule has 0 saturated carbocycles. The molecule has 1 atom stereocenters. The van der Waals surface area contributed by atoms with Crippen LogP contribution in [-0.4, -0.2) is 35.6 Å². The minimum Gasteiger partial charge on any atom is -0.466 e. The van der Waals surface area contributed by atoms with Crippen molar-refractivity contribution in [1.29, 1.82) is 0 Å². The molecule has 162 valence electrons. The average molecular weight is 444 g/mol. The second-order valence-electron chi connectivity index (χ2n) is 8.01. The second-order valence-corrected chi connectivity index (χ2v) is 8.87. The lowest BCUT2D eigenvalue weighted by atomic mass is 9.97. The molecule has 1 fully saturated rings. The molecule has 0 bridgehead atoms. The first-order valence-electron chi connectivity index (χ1n) is 11.0. The van der Waals surface area contributed by atoms with E-state index in [1.807, 2.05) is 13.0 Å². The van der Waals surface area contributed by atoms with Crippen LogP contribution in [0.3, 0.4) is 0 Å². The highest BCUT2D eigenvalue weighted by Gasteiger charge is 2.29. The van der Waals surface area contributed by atoms with E-state index in [0.717, 1.165) is 46.5 Å². The first kappa shape index (κ1) is 20.6. The third-order valence-corrected chi connectivity index (χ3v) is 6.88. The van der Waals surface area contributed by atoms with Crippen LogP contribution in [0.2, 0.25) is 0 Å². The number of aromatic nitrogens is 2. The topological polar surface area (TPSA) is 55.3 Å². The molecule has 0 aliphatic carbocycles. The largest absolute Gasteiger partial charge is 0.466 e. The molecule has 0 spiro atoms. The average Bonchev–Trinajstić information content (AvgIpc) is 3.29. The van der Waals surface area contributed by atoms with Gasteiger partial charge in [0.05, 0.1) is 17.9 Å². The molecule has 0 amide bonds. The molecule has 32 heavy (non-hydrogen) atoms. The molecule has 3 heterocycles. The van der Waals surface area contributed by atoms with E-state index in [-0.39, 0.29) is 11.9 Å². The lowest BCUT2D eigenvalue weighted by molar-refractivity contribution is -0.148. The van der Waals surface area contributed by atoms with Crippen molar-refractivity contribution in [3.8, 4) is 22.3 Å². The molecular weight excluding hydrogens is 418 g/mol. The Morgan fingerprint density at radius 3 is 2.59 bits per heavy atom. The molecule has 1 aliphatic heterocycles. The Bertz CT molecular complexity index is 1220. The zero-order valence-electron chi connectivity index (χ0n) is 18.0. The summed E-state index contributed by atoms with van der Waals surface area (Å²) in [6, 6.07) is 19.0. The lowest BCUT2D eigenvalue weighted by Crippen LogP contribution is -2.40. The predicted octanol–water partition coefficient (Wildman–Crippen LogP) is 5.80. The van der Waals surface area contributed by atoms with E-state index in [0.29, 0.717) is 13.2 Å². The van der Waals surface area contributed by atoms with Gasteiger partial charge in [-0.1, -0.05) is 54.6 Å². The summed E-state index contributed by atoms with van der Waals surface area (Å²) in [5, 5.41) is 3.22. The highest BCUT2D eigenvalue weighted by Crippen LogP contribution is 2.39. The van der Waals surface area contributed by atoms with Crippen molar-refractivity contribution >= 4 is 33.3 Å². The lowest BCUT2D eigenvalue weighted by Gasteiger charge is -2.32. The molecule has 5 nitrogen and oxygen atoms in total. The normalized spacial score (nSPS) is 16.3. The fourth-order valence-corrected chi connectivity index (χ4v) is 5.32. The molecule has 5 rings (SSSR count). The number of ether oxygens (including phenoxy) is 1. The molecule has 0 radical (unpaired) electrons. The third-order valence-electron chi connectivity index (χ3n) is 5.99. The van der Waals surface area contributed by atoms with Gasteiger partial charge in [0, 0.05) is 24.0 Å². The number of carbonyl (C=O) groups is 1. The zero-order chi connectivity index (χ0) is 21.9. The van der Waals surface area contributed by atoms with Crippen LogP contribution in [0.4, 0.5) is 5.82 Å². The summed E-state index contributed by atoms with van der Waals surface area (Å²) < 4.78 is 5.28. The van der Waals surface area contributed by atoms with Gasteiger partial charge < -0.3 is 9.64 Å². The van der Waals surface area contributed by atoms with E-state index >= 15 is 0 Å². The Balaban J connectivity index is 1.49. The van der Waals surface area contributed by atoms with Crippen LogP contribution in [0, 0.1) is 5.92 Å². The maximum Gasteiger partial charge on any atom is 0.310 e. The molecular formula is C26H25N3O2S. The van der Waals surface area contributed by atoms with Crippen molar-refractivity contribution in [2.45, 2.75) is 19.8 Å². The van der Waals surface area contributed by atoms with Crippen LogP contribution in [0.25, 0.3) is 32.5 Å². The fraction of sp³-hybridized carbons (Fsp3) is 0.269. The van der Waals surface area contributed by atoms with Gasteiger partial charge in [0.2, 0.25) is 0 Å². The van der Waals surface area contributed by atoms with Crippen LogP contribution in [0.5, 0.6) is 0 Å². The Kier molecular flexibility index (Phi) is 5.86. The first-order chi connectivity index (χ1) is 15.7. The maximum atomic E-state index is 12.3. The van der Waals surface area contributed by atoms with Gasteiger partial charge in [0.1, 0.15) is 17.0 Å². The van der Waals surface area contributed by atoms with Crippen molar-refractivity contribution in [3.63, 3.8) is 0 Å². The van der Waals surface area contributed by atoms with E-state index in [9.17, 15) is 4.79 Å². The summed E-state index contributed by atoms with van der Waals surface area (Å²) in [6.45, 7) is 3.78. The molecule has 2 aromatic carbocycles. The van der Waals surface area contributed by atoms with Gasteiger partial charge in [-0.2, -0.15) is 0 Å². The summed E-state index contributed by atoms with van der Waals surface area (Å²) in [4.78, 5) is 24.7. The van der Waals surface area contributed by atoms with Gasteiger partial charge in [-0.15, -0.1) is 11.3 Å². The van der Waals surface area contributed by atoms with Gasteiger partial charge in [-0.25, -0.2) is 9.97 Å². The van der Waals surface area contributed by atoms with E-state index in [4.69, 9.17) is 4.74 Å². The molecule has 2 aromatic heterocycles. The standard InChI is InChI=1S/C26H25N3O2S/c1-2-31-26(30)21-9-6-14-29(15-21)24-23-22(16-32-25(23)28-17-27-24)20-12-10-19(11-13-20)18-7-4-3-5-8-18/h3-5,7-8,10-13,16-17,21H,2,6,9,14-15H2,1H3. The van der Waals surface area contributed by atoms with Crippen molar-refractivity contribution in [2.75, 3.05) is 24.6 Å². The fourth-order valence-electron chi connectivity index (χ4n) is 4.41. The number of anilines is 1. The number of rotatable bonds is 5. The van der Waals surface area contributed by atoms with Crippen molar-refractivity contribution < 1.29 is 9.53 Å². The minimum atomic E-state index is -0.110. The summed E-state index contributed by atoms with van der Waals surface area (Å²) in [7, 11) is 0. The molecule has 1 unspecified atom stereocenters. The van der Waals surface area contributed by atoms with Gasteiger partial charge in [-0.05, 0) is 36.5 Å². The third kappa shape index (κ3) is 3.98. The van der Waals surface area contributed by atoms with Gasteiger partial charge in [-0.3, -0.25) is 4.79 Å². The summed E-state index contributed by atoms with van der Waals surface area (Å²) in [5.74, 6) is 0.692. The Morgan fingerprint density at radius 1 is 1.06 bits per heavy atom. The number of hydrogen-bond acceptors (Lipinski definition) is 6. The minimum absolute atomic E-state index is 0.107. The highest BCUT2D eigenvalue weighted by atomic mass is 32.1. The Morgan fingerprint density at radius 2 is 1.81 bits per heavy atom. The first-order valence-corrected chi connectivity index (χ1v) is 11.9. The summed E-state index contributed by atoms with van der Waals surface area (Å²) >= 11 is 1.63. The van der Waals surface area contributed by atoms with Gasteiger partial charge in [0.25, 0.3) is 0 Å². The van der Waals surface area contributed by atoms with Gasteiger partial charge >= 0.3 is 5.97 Å². The van der Waals surface area contributed by atoms with Crippen molar-refractivity contribution in [1.82, 2.24) is 9.97 Å². The number of piperidine rings is 1. The second kappa shape index (κ2) is 9.09. The monoisotopic (exact) mass is 443 g/mol. The van der Waals surface area contributed by atoms with Crippen LogP contribution < -0.4 is 4.90 Å². The molecule has 4 aromatic rings. The van der Waals surface area contributed by atoms with Crippen molar-refractivity contribution in [3.05, 3.63) is 66.3 Å². The number of carbonyl (C=O) groups excluding carboxylic acids is 1. The summed E-state index contributed by atoms with van der Waals surface area (Å²) in [5.41, 5.74) is 4.68. The maximum absolute atomic E-state index is 12.3. The van der Waals surface area contributed by atoms with Crippen LogP contribution >= 0.6 is 11.3 Å². The van der Waals surface area contributed by atoms with Crippen molar-refractivity contribution in [2.24, 2.45) is 5.92 Å².